The summed E-state index contributed by atoms with van der Waals surface area (Å²) in [6.07, 6.45) is -8.46. The van der Waals surface area contributed by atoms with Crippen molar-refractivity contribution in [1.29, 1.82) is 0 Å². The lowest BCUT2D eigenvalue weighted by molar-refractivity contribution is -0.143. The molecule has 0 fully saturated rings. The Morgan fingerprint density at radius 1 is 1.09 bits per heavy atom. The Morgan fingerprint density at radius 2 is 1.78 bits per heavy atom. The van der Waals surface area contributed by atoms with Gasteiger partial charge >= 0.3 is 18.4 Å². The second-order valence-corrected chi connectivity index (χ2v) is 10.5. The van der Waals surface area contributed by atoms with Crippen molar-refractivity contribution in [2.75, 3.05) is 16.4 Å². The number of alkyl halides is 6. The van der Waals surface area contributed by atoms with Crippen molar-refractivity contribution in [2.24, 2.45) is 7.05 Å². The molecule has 0 bridgehead atoms. The minimum absolute atomic E-state index is 0.0973. The van der Waals surface area contributed by atoms with Crippen molar-refractivity contribution in [3.63, 3.8) is 0 Å². The number of carbonyl (C=O) groups excluding carboxylic acids is 1. The smallest absolute Gasteiger partial charge is 0.416 e. The summed E-state index contributed by atoms with van der Waals surface area (Å²) in [6, 6.07) is 3.61. The fourth-order valence-corrected chi connectivity index (χ4v) is 5.68. The van der Waals surface area contributed by atoms with E-state index in [4.69, 9.17) is 4.74 Å². The Morgan fingerprint density at radius 3 is 2.31 bits per heavy atom. The number of rotatable bonds is 7. The van der Waals surface area contributed by atoms with Gasteiger partial charge in [-0.05, 0) is 67.8 Å². The molecule has 4 aromatic rings. The molecule has 5 rings (SSSR count). The van der Waals surface area contributed by atoms with Crippen LogP contribution in [-0.4, -0.2) is 54.1 Å². The quantitative estimate of drug-likeness (QED) is 0.237. The van der Waals surface area contributed by atoms with Gasteiger partial charge in [0.1, 0.15) is 11.6 Å². The van der Waals surface area contributed by atoms with Gasteiger partial charge in [0.05, 0.1) is 29.5 Å². The van der Waals surface area contributed by atoms with E-state index in [0.29, 0.717) is 41.2 Å². The number of hydrogen-bond acceptors (Lipinski definition) is 8. The Kier molecular flexibility index (Phi) is 8.46. The predicted molar refractivity (Wildman–Crippen MR) is 149 cm³/mol. The molecule has 3 aromatic heterocycles. The normalized spacial score (nSPS) is 16.9. The summed E-state index contributed by atoms with van der Waals surface area (Å²) in [5, 5.41) is 18.2. The number of carbonyl (C=O) groups is 1. The minimum atomic E-state index is -5.02. The van der Waals surface area contributed by atoms with Crippen LogP contribution in [0, 0.1) is 6.92 Å². The van der Waals surface area contributed by atoms with Gasteiger partial charge in [-0.15, -0.1) is 10.2 Å². The number of aryl methyl sites for hydroxylation is 2. The van der Waals surface area contributed by atoms with Crippen molar-refractivity contribution in [2.45, 2.75) is 64.6 Å². The third-order valence-corrected chi connectivity index (χ3v) is 7.62. The minimum Gasteiger partial charge on any atom is -0.449 e. The Bertz CT molecular complexity index is 1620. The van der Waals surface area contributed by atoms with Gasteiger partial charge in [0, 0.05) is 37.0 Å². The van der Waals surface area contributed by atoms with Crippen LogP contribution in [0.4, 0.5) is 42.8 Å². The summed E-state index contributed by atoms with van der Waals surface area (Å²) in [7, 11) is 1.65. The van der Waals surface area contributed by atoms with Crippen molar-refractivity contribution in [1.82, 2.24) is 35.4 Å². The molecule has 45 heavy (non-hydrogen) atoms. The van der Waals surface area contributed by atoms with Crippen molar-refractivity contribution >= 4 is 17.7 Å². The van der Waals surface area contributed by atoms with Gasteiger partial charge in [0.15, 0.2) is 0 Å². The first-order valence-corrected chi connectivity index (χ1v) is 14.0. The number of H-pyrrole nitrogens is 1. The second kappa shape index (κ2) is 12.0. The van der Waals surface area contributed by atoms with Crippen LogP contribution in [0.2, 0.25) is 0 Å². The number of amides is 1. The molecule has 1 aromatic carbocycles. The third-order valence-electron chi connectivity index (χ3n) is 7.62. The number of anilines is 2. The number of benzene rings is 1. The summed E-state index contributed by atoms with van der Waals surface area (Å²) in [5.74, 6) is 0.918. The van der Waals surface area contributed by atoms with E-state index >= 15 is 0 Å². The lowest BCUT2D eigenvalue weighted by Crippen LogP contribution is -2.48. The molecule has 1 aliphatic heterocycles. The number of nitrogens with one attached hydrogen (secondary N) is 1. The maximum absolute atomic E-state index is 13.8. The highest BCUT2D eigenvalue weighted by molar-refractivity contribution is 5.89. The van der Waals surface area contributed by atoms with E-state index in [1.807, 2.05) is 6.92 Å². The largest absolute Gasteiger partial charge is 0.449 e. The Labute approximate surface area is 253 Å². The summed E-state index contributed by atoms with van der Waals surface area (Å²) in [5.41, 5.74) is -1.50. The molecule has 11 nitrogen and oxygen atoms in total. The molecule has 2 unspecified atom stereocenters. The number of ether oxygens (including phenoxy) is 1. The van der Waals surface area contributed by atoms with Crippen LogP contribution in [0.5, 0.6) is 0 Å². The molecule has 0 saturated carbocycles. The van der Waals surface area contributed by atoms with Crippen LogP contribution in [0.1, 0.15) is 60.7 Å². The summed E-state index contributed by atoms with van der Waals surface area (Å²) in [4.78, 5) is 20.8. The highest BCUT2D eigenvalue weighted by atomic mass is 19.4. The molecule has 1 amide bonds. The second-order valence-electron chi connectivity index (χ2n) is 10.5. The Hall–Kier alpha value is -4.70. The lowest BCUT2D eigenvalue weighted by atomic mass is 9.90. The molecular formula is C28H29F6N9O2. The molecule has 240 valence electrons. The monoisotopic (exact) mass is 637 g/mol. The maximum atomic E-state index is 13.8. The van der Waals surface area contributed by atoms with Crippen molar-refractivity contribution in [3.05, 3.63) is 64.5 Å². The van der Waals surface area contributed by atoms with Crippen LogP contribution in [0.3, 0.4) is 0 Å². The number of pyridine rings is 1. The molecule has 0 aliphatic carbocycles. The number of tetrazole rings is 1. The number of aromatic amines is 1. The van der Waals surface area contributed by atoms with Crippen LogP contribution >= 0.6 is 0 Å². The number of fused-ring (bicyclic) bond motifs is 1. The van der Waals surface area contributed by atoms with Crippen molar-refractivity contribution in [3.8, 4) is 11.4 Å². The molecule has 0 spiro atoms. The van der Waals surface area contributed by atoms with E-state index < -0.39 is 41.7 Å². The van der Waals surface area contributed by atoms with Gasteiger partial charge in [0.2, 0.25) is 5.82 Å². The summed E-state index contributed by atoms with van der Waals surface area (Å²) >= 11 is 0. The molecule has 4 heterocycles. The fraction of sp³-hybridized carbons (Fsp3) is 0.429. The highest BCUT2D eigenvalue weighted by Gasteiger charge is 2.43. The van der Waals surface area contributed by atoms with E-state index in [1.54, 1.807) is 37.9 Å². The number of halogens is 6. The molecule has 17 heteroatoms. The van der Waals surface area contributed by atoms with Gasteiger partial charge < -0.3 is 9.64 Å². The van der Waals surface area contributed by atoms with Crippen LogP contribution in [0.25, 0.3) is 11.4 Å². The third kappa shape index (κ3) is 6.28. The van der Waals surface area contributed by atoms with E-state index in [-0.39, 0.29) is 42.8 Å². The van der Waals surface area contributed by atoms with E-state index in [2.05, 4.69) is 30.7 Å². The van der Waals surface area contributed by atoms with Gasteiger partial charge in [-0.25, -0.2) is 9.78 Å². The Balaban J connectivity index is 1.68. The van der Waals surface area contributed by atoms with E-state index in [9.17, 15) is 31.1 Å². The standard InChI is InChI=1S/C28H29F6N9O2/c1-5-20-12-21(23-15(3)38-41(4)25(23)43(20)26(44)45-6-2)42(22-8-7-17(13-35-22)24-36-39-40-37-24)14-16-9-18(27(29,30)31)11-19(10-16)28(32,33)34/h7-11,13,20-21H,5-6,12,14H2,1-4H3,(H,36,37,39,40). The number of aromatic nitrogens is 7. The highest BCUT2D eigenvalue weighted by Crippen LogP contribution is 2.45. The lowest BCUT2D eigenvalue weighted by Gasteiger charge is -2.43. The van der Waals surface area contributed by atoms with Gasteiger partial charge in [0.25, 0.3) is 0 Å². The van der Waals surface area contributed by atoms with Crippen LogP contribution in [0.15, 0.2) is 36.5 Å². The topological polar surface area (TPSA) is 118 Å². The molecule has 0 saturated heterocycles. The fourth-order valence-electron chi connectivity index (χ4n) is 5.68. The van der Waals surface area contributed by atoms with Crippen LogP contribution < -0.4 is 9.80 Å². The first kappa shape index (κ1) is 31.7. The van der Waals surface area contributed by atoms with Gasteiger partial charge in [-0.3, -0.25) is 9.58 Å². The molecule has 2 atom stereocenters. The summed E-state index contributed by atoms with van der Waals surface area (Å²) < 4.78 is 89.6. The summed E-state index contributed by atoms with van der Waals surface area (Å²) in [6.45, 7) is 5.01. The zero-order valence-electron chi connectivity index (χ0n) is 24.6. The molecular weight excluding hydrogens is 608 g/mol. The van der Waals surface area contributed by atoms with Crippen molar-refractivity contribution < 1.29 is 35.9 Å². The average Bonchev–Trinajstić information content (AvgIpc) is 3.63. The number of nitrogens with zero attached hydrogens (tertiary/aromatic N) is 8. The first-order valence-electron chi connectivity index (χ1n) is 14.0. The van der Waals surface area contributed by atoms with Gasteiger partial charge in [-0.1, -0.05) is 6.92 Å². The zero-order valence-corrected chi connectivity index (χ0v) is 24.6. The molecule has 0 radical (unpaired) electrons. The number of hydrogen-bond donors (Lipinski definition) is 1. The van der Waals surface area contributed by atoms with Gasteiger partial charge in [-0.2, -0.15) is 36.7 Å². The zero-order chi connectivity index (χ0) is 32.7. The van der Waals surface area contributed by atoms with E-state index in [1.165, 1.54) is 15.8 Å². The maximum Gasteiger partial charge on any atom is 0.416 e. The SMILES string of the molecule is CCOC(=O)N1c2c(c(C)nn2C)C(N(Cc2cc(C(F)(F)F)cc(C(F)(F)F)c2)c2ccc(-c3nn[nH]n3)cn2)CC1CC. The average molecular weight is 638 g/mol. The molecule has 1 aliphatic rings. The van der Waals surface area contributed by atoms with E-state index in [0.717, 1.165) is 0 Å². The first-order chi connectivity index (χ1) is 21.2. The predicted octanol–water partition coefficient (Wildman–Crippen LogP) is 6.23. The molecule has 1 N–H and O–H groups in total. The van der Waals surface area contributed by atoms with Crippen LogP contribution in [-0.2, 0) is 30.7 Å².